The van der Waals surface area contributed by atoms with Crippen molar-refractivity contribution in [2.45, 2.75) is 32.4 Å². The predicted molar refractivity (Wildman–Crippen MR) is 210 cm³/mol. The zero-order valence-corrected chi connectivity index (χ0v) is 31.6. The topological polar surface area (TPSA) is 14.2 Å². The summed E-state index contributed by atoms with van der Waals surface area (Å²) in [5, 5.41) is 0. The minimum absolute atomic E-state index is 1.05. The van der Waals surface area contributed by atoms with Crippen molar-refractivity contribution in [2.75, 3.05) is 92.4 Å². The van der Waals surface area contributed by atoms with E-state index in [4.69, 9.17) is 0 Å². The summed E-state index contributed by atoms with van der Waals surface area (Å²) in [5.41, 5.74) is 7.34. The molecule has 2 aromatic carbocycles. The van der Waals surface area contributed by atoms with Crippen LogP contribution in [0.15, 0.2) is 97.6 Å². The molecule has 6 nitrogen and oxygen atoms in total. The molecule has 0 spiro atoms. The van der Waals surface area contributed by atoms with E-state index in [1.807, 2.05) is 0 Å². The normalized spacial score (nSPS) is 12.2. The van der Waals surface area contributed by atoms with Gasteiger partial charge in [0.1, 0.15) is 0 Å². The Bertz CT molecular complexity index is 1470. The highest BCUT2D eigenvalue weighted by Gasteiger charge is 2.20. The zero-order valence-electron chi connectivity index (χ0n) is 31.6. The lowest BCUT2D eigenvalue weighted by Gasteiger charge is -2.33. The Morgan fingerprint density at radius 3 is 1.02 bits per heavy atom. The predicted octanol–water partition coefficient (Wildman–Crippen LogP) is 6.76. The van der Waals surface area contributed by atoms with Crippen molar-refractivity contribution in [3.63, 3.8) is 0 Å². The molecule has 0 bridgehead atoms. The second kappa shape index (κ2) is 17.9. The molecule has 0 atom stereocenters. The van der Waals surface area contributed by atoms with E-state index in [2.05, 4.69) is 197 Å². The number of aryl methyl sites for hydroxylation is 2. The third-order valence-electron chi connectivity index (χ3n) is 9.48. The van der Waals surface area contributed by atoms with Crippen molar-refractivity contribution in [2.24, 2.45) is 0 Å². The molecular weight excluding hydrogens is 601 g/mol. The van der Waals surface area contributed by atoms with Gasteiger partial charge in [0.15, 0.2) is 37.9 Å². The number of benzene rings is 2. The van der Waals surface area contributed by atoms with Crippen molar-refractivity contribution in [3.8, 4) is 0 Å². The minimum Gasteiger partial charge on any atom is -0.378 e. The minimum atomic E-state index is 1.05. The summed E-state index contributed by atoms with van der Waals surface area (Å²) in [5.74, 6) is 0. The first kappa shape index (κ1) is 37.6. The molecule has 0 radical (unpaired) electrons. The Hall–Kier alpha value is -4.26. The van der Waals surface area contributed by atoms with Crippen molar-refractivity contribution < 1.29 is 18.1 Å². The second-order valence-electron chi connectivity index (χ2n) is 15.2. The molecule has 2 aromatic heterocycles. The van der Waals surface area contributed by atoms with Gasteiger partial charge in [-0.15, -0.1) is 0 Å². The van der Waals surface area contributed by atoms with Gasteiger partial charge in [0.25, 0.3) is 0 Å². The van der Waals surface area contributed by atoms with Crippen LogP contribution in [0, 0.1) is 0 Å². The highest BCUT2D eigenvalue weighted by Crippen LogP contribution is 2.16. The van der Waals surface area contributed by atoms with Gasteiger partial charge in [0, 0.05) is 70.3 Å². The van der Waals surface area contributed by atoms with E-state index in [0.29, 0.717) is 0 Å². The zero-order chi connectivity index (χ0) is 35.3. The maximum atomic E-state index is 2.39. The molecule has 6 heteroatoms. The van der Waals surface area contributed by atoms with E-state index >= 15 is 0 Å². The lowest BCUT2D eigenvalue weighted by Crippen LogP contribution is -2.47. The Kier molecular flexibility index (Phi) is 13.7. The van der Waals surface area contributed by atoms with Gasteiger partial charge in [-0.2, -0.15) is 0 Å². The Morgan fingerprint density at radius 1 is 0.429 bits per heavy atom. The molecule has 0 fully saturated rings. The molecule has 2 heterocycles. The molecule has 49 heavy (non-hydrogen) atoms. The monoisotopic (exact) mass is 663 g/mol. The molecule has 0 unspecified atom stereocenters. The van der Waals surface area contributed by atoms with Gasteiger partial charge >= 0.3 is 0 Å². The molecule has 0 saturated carbocycles. The van der Waals surface area contributed by atoms with Crippen LogP contribution >= 0.6 is 0 Å². The van der Waals surface area contributed by atoms with Gasteiger partial charge in [0.05, 0.1) is 67.2 Å². The third-order valence-corrected chi connectivity index (χ3v) is 9.48. The average Bonchev–Trinajstić information content (AvgIpc) is 3.07. The summed E-state index contributed by atoms with van der Waals surface area (Å²) in [4.78, 5) is 4.25. The van der Waals surface area contributed by atoms with Crippen LogP contribution < -0.4 is 18.9 Å². The highest BCUT2D eigenvalue weighted by molar-refractivity contribution is 5.71. The van der Waals surface area contributed by atoms with Crippen LogP contribution in [0.5, 0.6) is 0 Å². The first-order valence-corrected chi connectivity index (χ1v) is 17.9. The number of rotatable bonds is 18. The number of nitrogens with zero attached hydrogens (tertiary/aromatic N) is 6. The Balaban J connectivity index is 1.11. The molecule has 260 valence electrons. The van der Waals surface area contributed by atoms with Gasteiger partial charge in [0.2, 0.25) is 0 Å². The lowest BCUT2D eigenvalue weighted by atomic mass is 10.1. The Labute approximate surface area is 297 Å². The average molecular weight is 663 g/mol. The molecule has 0 aliphatic carbocycles. The van der Waals surface area contributed by atoms with Gasteiger partial charge in [-0.1, -0.05) is 48.6 Å². The van der Waals surface area contributed by atoms with E-state index in [-0.39, 0.29) is 0 Å². The first-order chi connectivity index (χ1) is 23.4. The smallest absolute Gasteiger partial charge is 0.169 e. The van der Waals surface area contributed by atoms with Gasteiger partial charge < -0.3 is 18.8 Å². The van der Waals surface area contributed by atoms with E-state index in [1.54, 1.807) is 0 Å². The van der Waals surface area contributed by atoms with Crippen molar-refractivity contribution in [1.82, 2.24) is 0 Å². The summed E-state index contributed by atoms with van der Waals surface area (Å²) in [6.07, 6.45) is 21.2. The highest BCUT2D eigenvalue weighted by atomic mass is 15.3. The summed E-state index contributed by atoms with van der Waals surface area (Å²) < 4.78 is 6.78. The number of anilines is 2. The van der Waals surface area contributed by atoms with Crippen molar-refractivity contribution in [3.05, 3.63) is 120 Å². The molecular formula is C43H62N6+4. The van der Waals surface area contributed by atoms with E-state index in [0.717, 1.165) is 22.1 Å². The number of pyridine rings is 2. The van der Waals surface area contributed by atoms with Gasteiger partial charge in [-0.25, -0.2) is 9.13 Å². The largest absolute Gasteiger partial charge is 0.378 e. The fourth-order valence-electron chi connectivity index (χ4n) is 6.12. The molecule has 0 amide bonds. The van der Waals surface area contributed by atoms with Gasteiger partial charge in [-0.3, -0.25) is 0 Å². The van der Waals surface area contributed by atoms with Crippen molar-refractivity contribution >= 4 is 35.7 Å². The van der Waals surface area contributed by atoms with Crippen LogP contribution in [0.4, 0.5) is 11.4 Å². The van der Waals surface area contributed by atoms with E-state index in [1.165, 1.54) is 79.1 Å². The maximum absolute atomic E-state index is 2.39. The summed E-state index contributed by atoms with van der Waals surface area (Å²) >= 11 is 0. The molecule has 4 rings (SSSR count). The van der Waals surface area contributed by atoms with Crippen LogP contribution in [0.3, 0.4) is 0 Å². The fourth-order valence-corrected chi connectivity index (χ4v) is 6.12. The molecule has 0 N–H and O–H groups in total. The third kappa shape index (κ3) is 13.3. The van der Waals surface area contributed by atoms with Crippen LogP contribution in [-0.2, 0) is 13.1 Å². The SMILES string of the molecule is CN(C)c1ccc(/C=C/c2cc[n+](CCC[N+](C)(C)CCC[N+](C)(C)CCC[n+]3ccc(/C=C/c4ccc(N(C)C)cc4)cc3)cc2)cc1. The first-order valence-electron chi connectivity index (χ1n) is 17.9. The lowest BCUT2D eigenvalue weighted by molar-refractivity contribution is -0.911. The fraction of sp³-hybridized carbons (Fsp3) is 0.395. The number of hydrogen-bond acceptors (Lipinski definition) is 2. The molecule has 0 aliphatic rings. The van der Waals surface area contributed by atoms with Crippen LogP contribution in [0.2, 0.25) is 0 Å². The number of quaternary nitrogens is 2. The summed E-state index contributed by atoms with van der Waals surface area (Å²) in [7, 11) is 17.8. The quantitative estimate of drug-likeness (QED) is 0.0864. The molecule has 0 saturated heterocycles. The summed E-state index contributed by atoms with van der Waals surface area (Å²) in [6.45, 7) is 6.92. The Morgan fingerprint density at radius 2 is 0.714 bits per heavy atom. The standard InChI is InChI=1S/C43H62N6/c1-44(2)42-20-16-38(17-21-42)12-14-40-24-30-46(31-25-40)28-9-34-48(5,6)36-11-37-49(7,8)35-10-29-47-32-26-41(27-33-47)15-13-39-18-22-43(23-19-39)45(3)4/h12-27,30-33H,9-11,28-29,34-37H2,1-8H3/q+4. The molecule has 0 aliphatic heterocycles. The maximum Gasteiger partial charge on any atom is 0.169 e. The summed E-state index contributed by atoms with van der Waals surface area (Å²) in [6, 6.07) is 26.2. The van der Waals surface area contributed by atoms with Crippen LogP contribution in [0.25, 0.3) is 24.3 Å². The van der Waals surface area contributed by atoms with E-state index in [9.17, 15) is 0 Å². The van der Waals surface area contributed by atoms with Crippen LogP contribution in [0.1, 0.15) is 41.5 Å². The molecule has 4 aromatic rings. The number of aromatic nitrogens is 2. The van der Waals surface area contributed by atoms with Crippen LogP contribution in [-0.4, -0.2) is 91.5 Å². The number of hydrogen-bond donors (Lipinski definition) is 0. The van der Waals surface area contributed by atoms with E-state index < -0.39 is 0 Å². The van der Waals surface area contributed by atoms with Gasteiger partial charge in [-0.05, 0) is 46.5 Å². The second-order valence-corrected chi connectivity index (χ2v) is 15.2. The van der Waals surface area contributed by atoms with Crippen molar-refractivity contribution in [1.29, 1.82) is 0 Å².